The second kappa shape index (κ2) is 5.12. The van der Waals surface area contributed by atoms with Gasteiger partial charge in [0.1, 0.15) is 5.41 Å². The van der Waals surface area contributed by atoms with Crippen LogP contribution in [0.3, 0.4) is 0 Å². The normalized spacial score (nSPS) is 14.1. The first kappa shape index (κ1) is 13.1. The molecule has 0 radical (unpaired) electrons. The number of halogens is 1. The molecule has 18 heavy (non-hydrogen) atoms. The zero-order valence-electron chi connectivity index (χ0n) is 9.89. The summed E-state index contributed by atoms with van der Waals surface area (Å²) >= 11 is 7.57. The number of benzene rings is 1. The van der Waals surface area contributed by atoms with Gasteiger partial charge in [-0.1, -0.05) is 35.9 Å². The number of rotatable bonds is 4. The molecular formula is C14H13ClO2S. The van der Waals surface area contributed by atoms with Gasteiger partial charge < -0.3 is 5.11 Å². The van der Waals surface area contributed by atoms with Gasteiger partial charge in [0.05, 0.1) is 0 Å². The fraction of sp³-hybridized carbons (Fsp3) is 0.214. The van der Waals surface area contributed by atoms with Crippen LogP contribution in [0.4, 0.5) is 0 Å². The second-order valence-electron chi connectivity index (χ2n) is 4.38. The molecule has 2 aromatic rings. The van der Waals surface area contributed by atoms with Crippen LogP contribution in [0.25, 0.3) is 0 Å². The fourth-order valence-corrected chi connectivity index (χ4v) is 2.97. The van der Waals surface area contributed by atoms with E-state index in [2.05, 4.69) is 0 Å². The zero-order valence-corrected chi connectivity index (χ0v) is 11.5. The lowest BCUT2D eigenvalue weighted by molar-refractivity contribution is -0.143. The Morgan fingerprint density at radius 3 is 2.61 bits per heavy atom. The minimum Gasteiger partial charge on any atom is -0.481 e. The van der Waals surface area contributed by atoms with Crippen molar-refractivity contribution < 1.29 is 9.90 Å². The number of carboxylic acid groups (broad SMARTS) is 1. The summed E-state index contributed by atoms with van der Waals surface area (Å²) in [4.78, 5) is 12.4. The molecular weight excluding hydrogens is 268 g/mol. The Hall–Kier alpha value is -1.32. The van der Waals surface area contributed by atoms with Crippen molar-refractivity contribution in [2.45, 2.75) is 18.8 Å². The molecule has 0 aliphatic carbocycles. The molecule has 0 amide bonds. The third kappa shape index (κ3) is 2.42. The van der Waals surface area contributed by atoms with E-state index in [9.17, 15) is 9.90 Å². The highest BCUT2D eigenvalue weighted by atomic mass is 35.5. The highest BCUT2D eigenvalue weighted by molar-refractivity contribution is 7.10. The van der Waals surface area contributed by atoms with Crippen LogP contribution < -0.4 is 0 Å². The topological polar surface area (TPSA) is 37.3 Å². The van der Waals surface area contributed by atoms with E-state index in [1.807, 2.05) is 35.7 Å². The minimum atomic E-state index is -0.931. The second-order valence-corrected chi connectivity index (χ2v) is 5.74. The maximum absolute atomic E-state index is 11.6. The van der Waals surface area contributed by atoms with Gasteiger partial charge in [0.25, 0.3) is 0 Å². The van der Waals surface area contributed by atoms with Crippen LogP contribution in [0.5, 0.6) is 0 Å². The minimum absolute atomic E-state index is 0.391. The molecule has 2 nitrogen and oxygen atoms in total. The van der Waals surface area contributed by atoms with Crippen LogP contribution in [-0.4, -0.2) is 11.1 Å². The summed E-state index contributed by atoms with van der Waals surface area (Å²) in [6, 6.07) is 11.1. The number of thiophene rings is 1. The van der Waals surface area contributed by atoms with Crippen molar-refractivity contribution in [2.75, 3.05) is 0 Å². The van der Waals surface area contributed by atoms with Gasteiger partial charge in [-0.05, 0) is 36.4 Å². The molecule has 4 heteroatoms. The van der Waals surface area contributed by atoms with Crippen molar-refractivity contribution in [3.05, 3.63) is 57.2 Å². The van der Waals surface area contributed by atoms with E-state index in [4.69, 9.17) is 11.6 Å². The van der Waals surface area contributed by atoms with E-state index in [1.54, 1.807) is 13.0 Å². The summed E-state index contributed by atoms with van der Waals surface area (Å²) < 4.78 is 0. The van der Waals surface area contributed by atoms with Crippen LogP contribution in [0.1, 0.15) is 17.4 Å². The molecule has 1 atom stereocenters. The molecule has 1 N–H and O–H groups in total. The molecule has 0 aliphatic rings. The molecule has 0 aliphatic heterocycles. The van der Waals surface area contributed by atoms with E-state index < -0.39 is 11.4 Å². The molecule has 1 heterocycles. The average molecular weight is 281 g/mol. The van der Waals surface area contributed by atoms with E-state index in [-0.39, 0.29) is 0 Å². The van der Waals surface area contributed by atoms with E-state index in [0.29, 0.717) is 11.4 Å². The molecule has 1 aromatic carbocycles. The standard InChI is InChI=1S/C14H13ClO2S/c1-14(13(16)17,12-7-4-8-18-12)9-10-5-2-3-6-11(10)15/h2-8H,9H2,1H3,(H,16,17). The van der Waals surface area contributed by atoms with Gasteiger partial charge in [0.15, 0.2) is 0 Å². The molecule has 0 bridgehead atoms. The first-order chi connectivity index (χ1) is 8.54. The highest BCUT2D eigenvalue weighted by Gasteiger charge is 2.36. The van der Waals surface area contributed by atoms with Crippen LogP contribution in [-0.2, 0) is 16.6 Å². The monoisotopic (exact) mass is 280 g/mol. The van der Waals surface area contributed by atoms with E-state index in [1.165, 1.54) is 11.3 Å². The van der Waals surface area contributed by atoms with Gasteiger partial charge in [-0.25, -0.2) is 0 Å². The van der Waals surface area contributed by atoms with Gasteiger partial charge in [-0.3, -0.25) is 4.79 Å². The third-order valence-electron chi connectivity index (χ3n) is 3.04. The Kier molecular flexibility index (Phi) is 3.73. The quantitative estimate of drug-likeness (QED) is 0.919. The number of carbonyl (C=O) groups is 1. The number of aliphatic carboxylic acids is 1. The van der Waals surface area contributed by atoms with Crippen LogP contribution in [0.2, 0.25) is 5.02 Å². The van der Waals surface area contributed by atoms with E-state index >= 15 is 0 Å². The largest absolute Gasteiger partial charge is 0.481 e. The van der Waals surface area contributed by atoms with Gasteiger partial charge in [-0.15, -0.1) is 11.3 Å². The molecule has 1 unspecified atom stereocenters. The highest BCUT2D eigenvalue weighted by Crippen LogP contribution is 2.33. The van der Waals surface area contributed by atoms with Crippen LogP contribution >= 0.6 is 22.9 Å². The number of hydrogen-bond acceptors (Lipinski definition) is 2. The van der Waals surface area contributed by atoms with Crippen molar-refractivity contribution in [1.82, 2.24) is 0 Å². The molecule has 94 valence electrons. The summed E-state index contributed by atoms with van der Waals surface area (Å²) in [6.45, 7) is 1.74. The predicted octanol–water partition coefficient (Wildman–Crippen LogP) is 3.99. The Morgan fingerprint density at radius 2 is 2.06 bits per heavy atom. The summed E-state index contributed by atoms with van der Waals surface area (Å²) in [7, 11) is 0. The molecule has 2 rings (SSSR count). The van der Waals surface area contributed by atoms with Crippen molar-refractivity contribution >= 4 is 28.9 Å². The van der Waals surface area contributed by atoms with Crippen molar-refractivity contribution in [3.8, 4) is 0 Å². The Morgan fingerprint density at radius 1 is 1.33 bits per heavy atom. The fourth-order valence-electron chi connectivity index (χ4n) is 1.88. The summed E-state index contributed by atoms with van der Waals surface area (Å²) in [5, 5.41) is 12.0. The van der Waals surface area contributed by atoms with Gasteiger partial charge in [0.2, 0.25) is 0 Å². The zero-order chi connectivity index (χ0) is 13.2. The van der Waals surface area contributed by atoms with Crippen LogP contribution in [0.15, 0.2) is 41.8 Å². The molecule has 0 saturated carbocycles. The van der Waals surface area contributed by atoms with E-state index in [0.717, 1.165) is 10.4 Å². The van der Waals surface area contributed by atoms with Crippen molar-refractivity contribution in [1.29, 1.82) is 0 Å². The molecule has 0 saturated heterocycles. The Bertz CT molecular complexity index is 551. The maximum atomic E-state index is 11.6. The SMILES string of the molecule is CC(Cc1ccccc1Cl)(C(=O)O)c1cccs1. The number of carboxylic acids is 1. The molecule has 1 aromatic heterocycles. The number of hydrogen-bond donors (Lipinski definition) is 1. The van der Waals surface area contributed by atoms with Crippen LogP contribution in [0, 0.1) is 0 Å². The lowest BCUT2D eigenvalue weighted by atomic mass is 9.82. The average Bonchev–Trinajstić information content (AvgIpc) is 2.86. The Labute approximate surface area is 115 Å². The van der Waals surface area contributed by atoms with Crippen molar-refractivity contribution in [2.24, 2.45) is 0 Å². The summed E-state index contributed by atoms with van der Waals surface area (Å²) in [5.41, 5.74) is -0.0726. The smallest absolute Gasteiger partial charge is 0.315 e. The third-order valence-corrected chi connectivity index (χ3v) is 4.54. The lowest BCUT2D eigenvalue weighted by Gasteiger charge is -2.24. The summed E-state index contributed by atoms with van der Waals surface area (Å²) in [5.74, 6) is -0.829. The lowest BCUT2D eigenvalue weighted by Crippen LogP contribution is -2.34. The van der Waals surface area contributed by atoms with Gasteiger partial charge in [0, 0.05) is 9.90 Å². The van der Waals surface area contributed by atoms with Crippen molar-refractivity contribution in [3.63, 3.8) is 0 Å². The Balaban J connectivity index is 2.39. The van der Waals surface area contributed by atoms with Gasteiger partial charge in [-0.2, -0.15) is 0 Å². The maximum Gasteiger partial charge on any atom is 0.315 e. The predicted molar refractivity (Wildman–Crippen MR) is 74.5 cm³/mol. The summed E-state index contributed by atoms with van der Waals surface area (Å²) in [6.07, 6.45) is 0.391. The first-order valence-corrected chi connectivity index (χ1v) is 6.80. The van der Waals surface area contributed by atoms with Gasteiger partial charge >= 0.3 is 5.97 Å². The first-order valence-electron chi connectivity index (χ1n) is 5.55. The molecule has 0 spiro atoms. The molecule has 0 fully saturated rings.